The van der Waals surface area contributed by atoms with E-state index in [1.165, 1.54) is 6.33 Å². The number of nitrogens with one attached hydrogen (secondary N) is 2. The van der Waals surface area contributed by atoms with Crippen molar-refractivity contribution in [1.82, 2.24) is 20.3 Å². The van der Waals surface area contributed by atoms with Crippen LogP contribution >= 0.6 is 0 Å². The Morgan fingerprint density at radius 3 is 2.85 bits per heavy atom. The summed E-state index contributed by atoms with van der Waals surface area (Å²) in [5, 5.41) is 8.63. The fourth-order valence-corrected chi connectivity index (χ4v) is 2.94. The number of carbonyl (C=O) groups is 1. The summed E-state index contributed by atoms with van der Waals surface area (Å²) in [5.41, 5.74) is 0.709. The lowest BCUT2D eigenvalue weighted by molar-refractivity contribution is -0.141. The highest BCUT2D eigenvalue weighted by Crippen LogP contribution is 2.27. The number of anilines is 2. The second kappa shape index (κ2) is 8.35. The van der Waals surface area contributed by atoms with Gasteiger partial charge in [0.25, 0.3) is 0 Å². The molecule has 144 valence electrons. The first-order valence-corrected chi connectivity index (χ1v) is 8.25. The molecule has 2 N–H and O–H groups in total. The summed E-state index contributed by atoms with van der Waals surface area (Å²) in [5.74, 6) is 0.137. The van der Waals surface area contributed by atoms with Crippen molar-refractivity contribution in [3.05, 3.63) is 18.5 Å². The zero-order valence-corrected chi connectivity index (χ0v) is 14.8. The van der Waals surface area contributed by atoms with Crippen LogP contribution in [0.25, 0.3) is 6.08 Å². The Balaban J connectivity index is 2.09. The van der Waals surface area contributed by atoms with Gasteiger partial charge in [0.05, 0.1) is 11.5 Å². The number of hydrazine groups is 1. The summed E-state index contributed by atoms with van der Waals surface area (Å²) in [4.78, 5) is 20.5. The normalized spacial score (nSPS) is 18.3. The monoisotopic (exact) mass is 372 g/mol. The molecule has 0 radical (unpaired) electrons. The molecule has 0 bridgehead atoms. The summed E-state index contributed by atoms with van der Waals surface area (Å²) < 4.78 is 36.9. The lowest BCUT2D eigenvalue weighted by Gasteiger charge is -2.39. The highest BCUT2D eigenvalue weighted by molar-refractivity contribution is 5.79. The van der Waals surface area contributed by atoms with Crippen molar-refractivity contribution < 1.29 is 18.0 Å². The Morgan fingerprint density at radius 1 is 1.50 bits per heavy atom. The molecule has 0 aliphatic carbocycles. The number of aromatic nitrogens is 2. The standard InChI is InChI=1S/C16H23F3N6O/c1-4-12-13(20-2)22-10-23-14(12)24(3)25-7-5-6-11(8-25)15(26)21-9-16(17,18)19/h4,10-11H,1,5-9H2,2-3H3,(H,21,26)(H,20,22,23). The maximum atomic E-state index is 12.3. The van der Waals surface area contributed by atoms with E-state index in [1.807, 2.05) is 10.3 Å². The first-order chi connectivity index (χ1) is 12.3. The van der Waals surface area contributed by atoms with Crippen molar-refractivity contribution in [1.29, 1.82) is 0 Å². The van der Waals surface area contributed by atoms with Gasteiger partial charge in [-0.3, -0.25) is 9.80 Å². The molecule has 0 aromatic carbocycles. The van der Waals surface area contributed by atoms with Gasteiger partial charge in [-0.2, -0.15) is 13.2 Å². The highest BCUT2D eigenvalue weighted by atomic mass is 19.4. The second-order valence-electron chi connectivity index (χ2n) is 6.02. The van der Waals surface area contributed by atoms with Gasteiger partial charge in [0.1, 0.15) is 18.7 Å². The van der Waals surface area contributed by atoms with Gasteiger partial charge in [-0.15, -0.1) is 0 Å². The molecular formula is C16H23F3N6O. The summed E-state index contributed by atoms with van der Waals surface area (Å²) in [6.07, 6.45) is -0.114. The van der Waals surface area contributed by atoms with Crippen LogP contribution in [-0.4, -0.2) is 60.8 Å². The van der Waals surface area contributed by atoms with Crippen LogP contribution in [0.1, 0.15) is 18.4 Å². The second-order valence-corrected chi connectivity index (χ2v) is 6.02. The van der Waals surface area contributed by atoms with Gasteiger partial charge in [-0.25, -0.2) is 15.0 Å². The van der Waals surface area contributed by atoms with Crippen molar-refractivity contribution in [2.75, 3.05) is 44.1 Å². The zero-order valence-electron chi connectivity index (χ0n) is 14.8. The molecule has 2 rings (SSSR count). The fraction of sp³-hybridized carbons (Fsp3) is 0.562. The average molecular weight is 372 g/mol. The predicted molar refractivity (Wildman–Crippen MR) is 93.4 cm³/mol. The summed E-state index contributed by atoms with van der Waals surface area (Å²) in [7, 11) is 3.53. The fourth-order valence-electron chi connectivity index (χ4n) is 2.94. The van der Waals surface area contributed by atoms with Gasteiger partial charge in [-0.1, -0.05) is 12.7 Å². The lowest BCUT2D eigenvalue weighted by Crippen LogP contribution is -2.51. The van der Waals surface area contributed by atoms with Crippen LogP contribution in [-0.2, 0) is 4.79 Å². The molecule has 1 fully saturated rings. The van der Waals surface area contributed by atoms with E-state index in [0.29, 0.717) is 43.1 Å². The number of piperidine rings is 1. The van der Waals surface area contributed by atoms with E-state index in [9.17, 15) is 18.0 Å². The lowest BCUT2D eigenvalue weighted by atomic mass is 9.98. The molecule has 10 heteroatoms. The Labute approximate surface area is 150 Å². The van der Waals surface area contributed by atoms with Gasteiger partial charge in [0.2, 0.25) is 5.91 Å². The van der Waals surface area contributed by atoms with Crippen molar-refractivity contribution in [3.63, 3.8) is 0 Å². The molecule has 1 saturated heterocycles. The smallest absolute Gasteiger partial charge is 0.372 e. The Hall–Kier alpha value is -2.36. The molecule has 0 saturated carbocycles. The maximum Gasteiger partial charge on any atom is 0.405 e. The van der Waals surface area contributed by atoms with Crippen molar-refractivity contribution >= 4 is 23.6 Å². The molecule has 1 unspecified atom stereocenters. The molecule has 0 spiro atoms. The molecular weight excluding hydrogens is 349 g/mol. The van der Waals surface area contributed by atoms with E-state index in [0.717, 1.165) is 0 Å². The minimum Gasteiger partial charge on any atom is -0.372 e. The van der Waals surface area contributed by atoms with Crippen LogP contribution in [0.15, 0.2) is 12.9 Å². The van der Waals surface area contributed by atoms with Crippen LogP contribution in [0.5, 0.6) is 0 Å². The average Bonchev–Trinajstić information content (AvgIpc) is 2.64. The van der Waals surface area contributed by atoms with E-state index in [4.69, 9.17) is 0 Å². The molecule has 26 heavy (non-hydrogen) atoms. The van der Waals surface area contributed by atoms with E-state index in [-0.39, 0.29) is 0 Å². The Bertz CT molecular complexity index is 651. The van der Waals surface area contributed by atoms with Crippen LogP contribution in [0.4, 0.5) is 24.8 Å². The number of nitrogens with zero attached hydrogens (tertiary/aromatic N) is 4. The highest BCUT2D eigenvalue weighted by Gasteiger charge is 2.32. The van der Waals surface area contributed by atoms with Gasteiger partial charge in [-0.05, 0) is 12.8 Å². The minimum atomic E-state index is -4.41. The maximum absolute atomic E-state index is 12.3. The molecule has 1 aromatic heterocycles. The molecule has 1 amide bonds. The SMILES string of the molecule is C=Cc1c(NC)ncnc1N(C)N1CCCC(C(=O)NCC(F)(F)F)C1. The zero-order chi connectivity index (χ0) is 19.3. The van der Waals surface area contributed by atoms with E-state index >= 15 is 0 Å². The van der Waals surface area contributed by atoms with Crippen LogP contribution in [0.2, 0.25) is 0 Å². The van der Waals surface area contributed by atoms with Gasteiger partial charge in [0.15, 0.2) is 5.82 Å². The van der Waals surface area contributed by atoms with E-state index in [1.54, 1.807) is 25.2 Å². The molecule has 1 aromatic rings. The van der Waals surface area contributed by atoms with Crippen LogP contribution in [0.3, 0.4) is 0 Å². The Morgan fingerprint density at radius 2 is 2.23 bits per heavy atom. The molecule has 1 aliphatic heterocycles. The molecule has 2 heterocycles. The molecule has 1 aliphatic rings. The van der Waals surface area contributed by atoms with Gasteiger partial charge >= 0.3 is 6.18 Å². The number of carbonyl (C=O) groups excluding carboxylic acids is 1. The summed E-state index contributed by atoms with van der Waals surface area (Å²) in [6.45, 7) is 3.46. The first kappa shape index (κ1) is 20.0. The molecule has 7 nitrogen and oxygen atoms in total. The number of amides is 1. The van der Waals surface area contributed by atoms with Crippen molar-refractivity contribution in [3.8, 4) is 0 Å². The Kier molecular flexibility index (Phi) is 6.41. The number of rotatable bonds is 6. The largest absolute Gasteiger partial charge is 0.405 e. The summed E-state index contributed by atoms with van der Waals surface area (Å²) >= 11 is 0. The van der Waals surface area contributed by atoms with Crippen LogP contribution < -0.4 is 15.6 Å². The summed E-state index contributed by atoms with van der Waals surface area (Å²) in [6, 6.07) is 0. The quantitative estimate of drug-likeness (QED) is 0.795. The third kappa shape index (κ3) is 4.84. The minimum absolute atomic E-state index is 0.315. The van der Waals surface area contributed by atoms with Gasteiger partial charge in [0, 0.05) is 27.2 Å². The van der Waals surface area contributed by atoms with E-state index < -0.39 is 24.5 Å². The van der Waals surface area contributed by atoms with E-state index in [2.05, 4.69) is 21.9 Å². The third-order valence-electron chi connectivity index (χ3n) is 4.27. The number of hydrogen-bond donors (Lipinski definition) is 2. The first-order valence-electron chi connectivity index (χ1n) is 8.25. The topological polar surface area (TPSA) is 73.4 Å². The number of hydrogen-bond acceptors (Lipinski definition) is 6. The van der Waals surface area contributed by atoms with Crippen LogP contribution in [0, 0.1) is 5.92 Å². The molecule has 1 atom stereocenters. The van der Waals surface area contributed by atoms with Crippen molar-refractivity contribution in [2.45, 2.75) is 19.0 Å². The van der Waals surface area contributed by atoms with Gasteiger partial charge < -0.3 is 10.6 Å². The van der Waals surface area contributed by atoms with Crippen molar-refractivity contribution in [2.24, 2.45) is 5.92 Å². The number of halogens is 3. The third-order valence-corrected chi connectivity index (χ3v) is 4.27. The number of alkyl halides is 3. The predicted octanol–water partition coefficient (Wildman–Crippen LogP) is 1.90.